The molecular formula is C15H21N3O3. The lowest BCUT2D eigenvalue weighted by atomic mass is 9.74. The summed E-state index contributed by atoms with van der Waals surface area (Å²) in [4.78, 5) is 27.4. The number of hydrogen-bond acceptors (Lipinski definition) is 3. The van der Waals surface area contributed by atoms with Crippen LogP contribution >= 0.6 is 0 Å². The zero-order valence-corrected chi connectivity index (χ0v) is 12.2. The van der Waals surface area contributed by atoms with Crippen LogP contribution in [-0.2, 0) is 4.79 Å². The maximum atomic E-state index is 11.9. The number of aromatic nitrogens is 1. The van der Waals surface area contributed by atoms with Crippen LogP contribution < -0.4 is 10.6 Å². The molecule has 1 saturated carbocycles. The highest BCUT2D eigenvalue weighted by Gasteiger charge is 2.39. The monoisotopic (exact) mass is 291 g/mol. The first-order valence-electron chi connectivity index (χ1n) is 7.22. The quantitative estimate of drug-likeness (QED) is 0.795. The van der Waals surface area contributed by atoms with E-state index in [0.717, 1.165) is 24.8 Å². The molecule has 3 N–H and O–H groups in total. The molecule has 0 saturated heterocycles. The Hall–Kier alpha value is -2.11. The number of nitrogens with zero attached hydrogens (tertiary/aromatic N) is 1. The summed E-state index contributed by atoms with van der Waals surface area (Å²) in [5.74, 6) is -0.819. The summed E-state index contributed by atoms with van der Waals surface area (Å²) >= 11 is 0. The van der Waals surface area contributed by atoms with Gasteiger partial charge < -0.3 is 15.7 Å². The number of nitrogens with one attached hydrogen (secondary N) is 2. The molecule has 0 aliphatic heterocycles. The second-order valence-corrected chi connectivity index (χ2v) is 5.64. The minimum Gasteiger partial charge on any atom is -0.481 e. The molecule has 0 unspecified atom stereocenters. The van der Waals surface area contributed by atoms with Gasteiger partial charge in [0.2, 0.25) is 0 Å². The van der Waals surface area contributed by atoms with E-state index in [9.17, 15) is 14.7 Å². The highest BCUT2D eigenvalue weighted by molar-refractivity contribution is 5.90. The molecule has 0 bridgehead atoms. The molecule has 2 rings (SSSR count). The van der Waals surface area contributed by atoms with Crippen molar-refractivity contribution < 1.29 is 14.7 Å². The normalized spacial score (nSPS) is 17.0. The van der Waals surface area contributed by atoms with Gasteiger partial charge in [-0.2, -0.15) is 0 Å². The summed E-state index contributed by atoms with van der Waals surface area (Å²) in [7, 11) is 0. The standard InChI is InChI=1S/C15H21N3O3/c1-11-5-8-16-9-12(11)18-14(21)17-10-15(13(19)20)6-3-2-4-7-15/h5,8-9H,2-4,6-7,10H2,1H3,(H,19,20)(H2,17,18,21). The van der Waals surface area contributed by atoms with Crippen molar-refractivity contribution in [3.63, 3.8) is 0 Å². The highest BCUT2D eigenvalue weighted by atomic mass is 16.4. The topological polar surface area (TPSA) is 91.3 Å². The van der Waals surface area contributed by atoms with Gasteiger partial charge in [-0.1, -0.05) is 19.3 Å². The van der Waals surface area contributed by atoms with Gasteiger partial charge in [-0.15, -0.1) is 0 Å². The van der Waals surface area contributed by atoms with Crippen molar-refractivity contribution in [1.82, 2.24) is 10.3 Å². The van der Waals surface area contributed by atoms with Crippen molar-refractivity contribution in [3.8, 4) is 0 Å². The third-order valence-corrected chi connectivity index (χ3v) is 4.14. The van der Waals surface area contributed by atoms with E-state index >= 15 is 0 Å². The molecule has 2 amide bonds. The predicted octanol–water partition coefficient (Wildman–Crippen LogP) is 2.55. The van der Waals surface area contributed by atoms with Crippen LogP contribution in [0, 0.1) is 12.3 Å². The van der Waals surface area contributed by atoms with Crippen molar-refractivity contribution in [3.05, 3.63) is 24.0 Å². The molecule has 6 heteroatoms. The fourth-order valence-electron chi connectivity index (χ4n) is 2.71. The number of urea groups is 1. The number of anilines is 1. The maximum Gasteiger partial charge on any atom is 0.319 e. The Kier molecular flexibility index (Phi) is 4.77. The summed E-state index contributed by atoms with van der Waals surface area (Å²) in [5.41, 5.74) is 0.716. The van der Waals surface area contributed by atoms with E-state index in [1.807, 2.05) is 6.92 Å². The molecule has 0 atom stereocenters. The Morgan fingerprint density at radius 2 is 2.05 bits per heavy atom. The maximum absolute atomic E-state index is 11.9. The van der Waals surface area contributed by atoms with Crippen LogP contribution in [0.4, 0.5) is 10.5 Å². The number of hydrogen-bond donors (Lipinski definition) is 3. The predicted molar refractivity (Wildman–Crippen MR) is 79.1 cm³/mol. The molecule has 0 aromatic carbocycles. The van der Waals surface area contributed by atoms with E-state index in [-0.39, 0.29) is 6.54 Å². The Morgan fingerprint density at radius 1 is 1.33 bits per heavy atom. The number of aliphatic carboxylic acids is 1. The van der Waals surface area contributed by atoms with Crippen molar-refractivity contribution in [2.45, 2.75) is 39.0 Å². The van der Waals surface area contributed by atoms with E-state index in [4.69, 9.17) is 0 Å². The van der Waals surface area contributed by atoms with Crippen LogP contribution in [-0.4, -0.2) is 28.6 Å². The average molecular weight is 291 g/mol. The first-order valence-corrected chi connectivity index (χ1v) is 7.22. The third-order valence-electron chi connectivity index (χ3n) is 4.14. The van der Waals surface area contributed by atoms with Crippen LogP contribution in [0.15, 0.2) is 18.5 Å². The second-order valence-electron chi connectivity index (χ2n) is 5.64. The number of carboxylic acid groups (broad SMARTS) is 1. The summed E-state index contributed by atoms with van der Waals surface area (Å²) in [5, 5.41) is 14.8. The lowest BCUT2D eigenvalue weighted by molar-refractivity contribution is -0.150. The van der Waals surface area contributed by atoms with E-state index in [2.05, 4.69) is 15.6 Å². The van der Waals surface area contributed by atoms with Crippen LogP contribution in [0.25, 0.3) is 0 Å². The minimum absolute atomic E-state index is 0.160. The molecule has 1 aromatic rings. The number of carbonyl (C=O) groups excluding carboxylic acids is 1. The summed E-state index contributed by atoms with van der Waals surface area (Å²) in [6.07, 6.45) is 7.33. The minimum atomic E-state index is -0.820. The van der Waals surface area contributed by atoms with Gasteiger partial charge in [-0.05, 0) is 31.4 Å². The number of aryl methyl sites for hydroxylation is 1. The van der Waals surface area contributed by atoms with E-state index in [1.54, 1.807) is 18.5 Å². The molecule has 0 radical (unpaired) electrons. The van der Waals surface area contributed by atoms with Gasteiger partial charge in [0.1, 0.15) is 0 Å². The zero-order chi connectivity index (χ0) is 15.3. The van der Waals surface area contributed by atoms with Gasteiger partial charge in [0.25, 0.3) is 0 Å². The highest BCUT2D eigenvalue weighted by Crippen LogP contribution is 2.36. The molecule has 1 aromatic heterocycles. The first-order chi connectivity index (χ1) is 10.0. The molecule has 6 nitrogen and oxygen atoms in total. The Labute approximate surface area is 124 Å². The van der Waals surface area contributed by atoms with Gasteiger partial charge in [-0.25, -0.2) is 4.79 Å². The van der Waals surface area contributed by atoms with E-state index in [0.29, 0.717) is 18.5 Å². The zero-order valence-electron chi connectivity index (χ0n) is 12.2. The number of carboxylic acids is 1. The molecule has 1 aliphatic carbocycles. The molecule has 21 heavy (non-hydrogen) atoms. The Bertz CT molecular complexity index is 525. The summed E-state index contributed by atoms with van der Waals surface area (Å²) in [6.45, 7) is 2.03. The molecule has 1 fully saturated rings. The SMILES string of the molecule is Cc1ccncc1NC(=O)NCC1(C(=O)O)CCCCC1. The largest absolute Gasteiger partial charge is 0.481 e. The number of carbonyl (C=O) groups is 2. The van der Waals surface area contributed by atoms with Gasteiger partial charge in [-0.3, -0.25) is 9.78 Å². The van der Waals surface area contributed by atoms with Crippen molar-refractivity contribution in [1.29, 1.82) is 0 Å². The van der Waals surface area contributed by atoms with Crippen molar-refractivity contribution >= 4 is 17.7 Å². The average Bonchev–Trinajstić information content (AvgIpc) is 2.48. The second kappa shape index (κ2) is 6.56. The molecular weight excluding hydrogens is 270 g/mol. The van der Waals surface area contributed by atoms with E-state index < -0.39 is 17.4 Å². The lowest BCUT2D eigenvalue weighted by Crippen LogP contribution is -2.45. The van der Waals surface area contributed by atoms with Gasteiger partial charge in [0.15, 0.2) is 0 Å². The van der Waals surface area contributed by atoms with Crippen LogP contribution in [0.5, 0.6) is 0 Å². The van der Waals surface area contributed by atoms with Gasteiger partial charge >= 0.3 is 12.0 Å². The molecule has 0 spiro atoms. The summed E-state index contributed by atoms with van der Waals surface area (Å²) < 4.78 is 0. The van der Waals surface area contributed by atoms with Crippen LogP contribution in [0.3, 0.4) is 0 Å². The lowest BCUT2D eigenvalue weighted by Gasteiger charge is -2.33. The first kappa shape index (κ1) is 15.3. The molecule has 1 heterocycles. The van der Waals surface area contributed by atoms with E-state index in [1.165, 1.54) is 0 Å². The summed E-state index contributed by atoms with van der Waals surface area (Å²) in [6, 6.07) is 1.41. The van der Waals surface area contributed by atoms with Gasteiger partial charge in [0.05, 0.1) is 17.3 Å². The molecule has 1 aliphatic rings. The molecule has 114 valence electrons. The number of amides is 2. The Morgan fingerprint density at radius 3 is 2.67 bits per heavy atom. The number of pyridine rings is 1. The van der Waals surface area contributed by atoms with Crippen LogP contribution in [0.2, 0.25) is 0 Å². The Balaban J connectivity index is 1.93. The smallest absolute Gasteiger partial charge is 0.319 e. The number of rotatable bonds is 4. The fourth-order valence-corrected chi connectivity index (χ4v) is 2.71. The van der Waals surface area contributed by atoms with Crippen molar-refractivity contribution in [2.24, 2.45) is 5.41 Å². The fraction of sp³-hybridized carbons (Fsp3) is 0.533. The third kappa shape index (κ3) is 3.71. The van der Waals surface area contributed by atoms with Gasteiger partial charge in [0, 0.05) is 12.7 Å². The van der Waals surface area contributed by atoms with Crippen molar-refractivity contribution in [2.75, 3.05) is 11.9 Å². The van der Waals surface area contributed by atoms with Crippen LogP contribution in [0.1, 0.15) is 37.7 Å².